The molecule has 0 aliphatic rings. The van der Waals surface area contributed by atoms with Crippen LogP contribution in [0.15, 0.2) is 17.2 Å². The van der Waals surface area contributed by atoms with Crippen LogP contribution in [0.1, 0.15) is 17.7 Å². The van der Waals surface area contributed by atoms with E-state index in [9.17, 15) is 17.2 Å². The monoisotopic (exact) mass is 241 g/mol. The molecule has 1 aromatic rings. The van der Waals surface area contributed by atoms with Gasteiger partial charge in [-0.1, -0.05) is 0 Å². The second-order valence-electron chi connectivity index (χ2n) is 2.56. The Bertz CT molecular complexity index is 447. The number of aromatic nitrogens is 1. The molecule has 7 heteroatoms. The third-order valence-electron chi connectivity index (χ3n) is 1.66. The number of hydrogen-bond acceptors (Lipinski definition) is 3. The molecule has 0 unspecified atom stereocenters. The van der Waals surface area contributed by atoms with Crippen molar-refractivity contribution in [1.29, 1.82) is 0 Å². The van der Waals surface area contributed by atoms with Crippen LogP contribution in [0.3, 0.4) is 0 Å². The summed E-state index contributed by atoms with van der Waals surface area (Å²) in [6.07, 6.45) is -1.82. The number of alkyl halides is 2. The van der Waals surface area contributed by atoms with Crippen LogP contribution in [0.5, 0.6) is 0 Å². The van der Waals surface area contributed by atoms with Gasteiger partial charge in [-0.3, -0.25) is 4.98 Å². The first-order valence-electron chi connectivity index (χ1n) is 3.52. The van der Waals surface area contributed by atoms with Crippen molar-refractivity contribution in [2.75, 3.05) is 0 Å². The first-order chi connectivity index (χ1) is 6.34. The van der Waals surface area contributed by atoms with Crippen LogP contribution in [0.4, 0.5) is 8.78 Å². The normalized spacial score (nSPS) is 12.1. The summed E-state index contributed by atoms with van der Waals surface area (Å²) >= 11 is 0. The van der Waals surface area contributed by atoms with Crippen LogP contribution in [0.25, 0.3) is 0 Å². The summed E-state index contributed by atoms with van der Waals surface area (Å²) < 4.78 is 46.4. The third-order valence-corrected chi connectivity index (χ3v) is 3.13. The second-order valence-corrected chi connectivity index (χ2v) is 5.09. The third kappa shape index (κ3) is 2.19. The van der Waals surface area contributed by atoms with E-state index < -0.39 is 21.2 Å². The van der Waals surface area contributed by atoms with E-state index in [1.54, 1.807) is 0 Å². The number of nitrogens with zero attached hydrogens (tertiary/aromatic N) is 1. The molecule has 3 nitrogen and oxygen atoms in total. The van der Waals surface area contributed by atoms with E-state index in [2.05, 4.69) is 4.98 Å². The maximum absolute atomic E-state index is 12.3. The molecule has 1 heterocycles. The molecule has 0 bridgehead atoms. The topological polar surface area (TPSA) is 47.0 Å². The molecule has 78 valence electrons. The molecule has 0 radical (unpaired) electrons. The lowest BCUT2D eigenvalue weighted by Crippen LogP contribution is -2.01. The summed E-state index contributed by atoms with van der Waals surface area (Å²) in [6, 6.07) is 1.09. The van der Waals surface area contributed by atoms with E-state index in [0.29, 0.717) is 0 Å². The molecule has 0 N–H and O–H groups in total. The number of rotatable bonds is 2. The smallest absolute Gasteiger partial charge is 0.255 e. The molecule has 0 atom stereocenters. The summed E-state index contributed by atoms with van der Waals surface area (Å²) in [5.41, 5.74) is -0.677. The summed E-state index contributed by atoms with van der Waals surface area (Å²) in [4.78, 5) is 3.05. The predicted molar refractivity (Wildman–Crippen MR) is 47.0 cm³/mol. The van der Waals surface area contributed by atoms with Crippen molar-refractivity contribution in [2.24, 2.45) is 0 Å². The quantitative estimate of drug-likeness (QED) is 0.746. The molecule has 0 aliphatic heterocycles. The Balaban J connectivity index is 3.43. The second kappa shape index (κ2) is 3.78. The van der Waals surface area contributed by atoms with E-state index in [1.165, 1.54) is 6.92 Å². The van der Waals surface area contributed by atoms with Gasteiger partial charge in [0, 0.05) is 16.9 Å². The summed E-state index contributed by atoms with van der Waals surface area (Å²) in [6.45, 7) is 1.24. The van der Waals surface area contributed by atoms with Crippen molar-refractivity contribution in [2.45, 2.75) is 18.2 Å². The van der Waals surface area contributed by atoms with Gasteiger partial charge in [-0.2, -0.15) is 0 Å². The molecule has 1 aromatic heterocycles. The van der Waals surface area contributed by atoms with Gasteiger partial charge in [-0.05, 0) is 18.6 Å². The zero-order valence-corrected chi connectivity index (χ0v) is 8.61. The summed E-state index contributed by atoms with van der Waals surface area (Å²) in [7, 11) is 1.05. The average Bonchev–Trinajstić information content (AvgIpc) is 2.01. The highest BCUT2D eigenvalue weighted by atomic mass is 35.7. The van der Waals surface area contributed by atoms with Crippen molar-refractivity contribution < 1.29 is 17.2 Å². The highest BCUT2D eigenvalue weighted by Crippen LogP contribution is 2.26. The van der Waals surface area contributed by atoms with Crippen LogP contribution in [0.2, 0.25) is 0 Å². The lowest BCUT2D eigenvalue weighted by atomic mass is 10.2. The summed E-state index contributed by atoms with van der Waals surface area (Å²) in [5.74, 6) is 0. The number of halogens is 3. The Morgan fingerprint density at radius 1 is 1.50 bits per heavy atom. The molecular formula is C7H6ClF2NO2S. The fourth-order valence-electron chi connectivity index (χ4n) is 1.02. The van der Waals surface area contributed by atoms with Crippen molar-refractivity contribution in [3.8, 4) is 0 Å². The molecule has 14 heavy (non-hydrogen) atoms. The van der Waals surface area contributed by atoms with Gasteiger partial charge in [-0.25, -0.2) is 17.2 Å². The predicted octanol–water partition coefficient (Wildman–Crippen LogP) is 2.26. The minimum absolute atomic E-state index is 0.113. The van der Waals surface area contributed by atoms with Crippen LogP contribution in [-0.4, -0.2) is 13.4 Å². The number of hydrogen-bond donors (Lipinski definition) is 0. The summed E-state index contributed by atoms with van der Waals surface area (Å²) in [5, 5.41) is 0. The van der Waals surface area contributed by atoms with Crippen molar-refractivity contribution >= 4 is 19.7 Å². The fourth-order valence-corrected chi connectivity index (χ4v) is 2.21. The van der Waals surface area contributed by atoms with E-state index >= 15 is 0 Å². The van der Waals surface area contributed by atoms with Crippen molar-refractivity contribution in [1.82, 2.24) is 4.98 Å². The average molecular weight is 242 g/mol. The zero-order chi connectivity index (χ0) is 10.9. The maximum atomic E-state index is 12.3. The van der Waals surface area contributed by atoms with Gasteiger partial charge in [0.1, 0.15) is 5.69 Å². The molecule has 0 aliphatic carbocycles. The van der Waals surface area contributed by atoms with E-state index in [-0.39, 0.29) is 10.5 Å². The molecule has 0 saturated heterocycles. The molecule has 0 aromatic carbocycles. The fraction of sp³-hybridized carbons (Fsp3) is 0.286. The van der Waals surface area contributed by atoms with E-state index in [0.717, 1.165) is 12.3 Å². The maximum Gasteiger partial charge on any atom is 0.280 e. The molecule has 0 spiro atoms. The van der Waals surface area contributed by atoms with Crippen LogP contribution in [-0.2, 0) is 9.05 Å². The molecule has 0 fully saturated rings. The van der Waals surface area contributed by atoms with Gasteiger partial charge in [-0.15, -0.1) is 0 Å². The first-order valence-corrected chi connectivity index (χ1v) is 5.83. The van der Waals surface area contributed by atoms with E-state index in [1.807, 2.05) is 0 Å². The van der Waals surface area contributed by atoms with Crippen LogP contribution in [0, 0.1) is 6.92 Å². The molecular weight excluding hydrogens is 236 g/mol. The molecule has 0 amide bonds. The SMILES string of the molecule is Cc1c(S(=O)(=O)Cl)ccnc1C(F)F. The minimum atomic E-state index is -3.99. The largest absolute Gasteiger partial charge is 0.280 e. The Kier molecular flexibility index (Phi) is 3.06. The lowest BCUT2D eigenvalue weighted by molar-refractivity contribution is 0.145. The highest BCUT2D eigenvalue weighted by molar-refractivity contribution is 8.13. The van der Waals surface area contributed by atoms with Gasteiger partial charge >= 0.3 is 0 Å². The van der Waals surface area contributed by atoms with Gasteiger partial charge in [0.05, 0.1) is 4.90 Å². The Morgan fingerprint density at radius 3 is 2.50 bits per heavy atom. The Labute approximate surface area is 84.1 Å². The van der Waals surface area contributed by atoms with Gasteiger partial charge in [0.15, 0.2) is 0 Å². The minimum Gasteiger partial charge on any atom is -0.255 e. The molecule has 0 saturated carbocycles. The first kappa shape index (κ1) is 11.3. The molecule has 1 rings (SSSR count). The van der Waals surface area contributed by atoms with Crippen molar-refractivity contribution in [3.63, 3.8) is 0 Å². The highest BCUT2D eigenvalue weighted by Gasteiger charge is 2.20. The van der Waals surface area contributed by atoms with Crippen LogP contribution < -0.4 is 0 Å². The van der Waals surface area contributed by atoms with Gasteiger partial charge in [0.2, 0.25) is 0 Å². The van der Waals surface area contributed by atoms with E-state index in [4.69, 9.17) is 10.7 Å². The standard InChI is InChI=1S/C7H6ClF2NO2S/c1-4-5(14(8,12)13)2-3-11-6(4)7(9)10/h2-3,7H,1H3. The van der Waals surface area contributed by atoms with Crippen molar-refractivity contribution in [3.05, 3.63) is 23.5 Å². The number of pyridine rings is 1. The van der Waals surface area contributed by atoms with Gasteiger partial charge < -0.3 is 0 Å². The Morgan fingerprint density at radius 2 is 2.07 bits per heavy atom. The zero-order valence-electron chi connectivity index (χ0n) is 7.04. The van der Waals surface area contributed by atoms with Crippen LogP contribution >= 0.6 is 10.7 Å². The van der Waals surface area contributed by atoms with Gasteiger partial charge in [0.25, 0.3) is 15.5 Å². The Hall–Kier alpha value is -0.750. The lowest BCUT2D eigenvalue weighted by Gasteiger charge is -2.06.